The SMILES string of the molecule is CCCCCCCCCCCC(=O)OCC(O)COC(=O)CC(O)(CC(=O)O)C(=O)O. The Morgan fingerprint density at radius 1 is 0.774 bits per heavy atom. The third kappa shape index (κ3) is 15.3. The van der Waals surface area contributed by atoms with Crippen LogP contribution in [0.3, 0.4) is 0 Å². The highest BCUT2D eigenvalue weighted by atomic mass is 16.6. The van der Waals surface area contributed by atoms with Crippen LogP contribution in [0.25, 0.3) is 0 Å². The molecular weight excluding hydrogens is 412 g/mol. The second-order valence-corrected chi connectivity index (χ2v) is 7.68. The van der Waals surface area contributed by atoms with Gasteiger partial charge in [-0.25, -0.2) is 4.79 Å². The van der Waals surface area contributed by atoms with Crippen LogP contribution in [-0.4, -0.2) is 69.2 Å². The Bertz CT molecular complexity index is 562. The smallest absolute Gasteiger partial charge is 0.336 e. The fourth-order valence-electron chi connectivity index (χ4n) is 2.83. The number of carbonyl (C=O) groups is 4. The molecule has 0 bridgehead atoms. The zero-order valence-electron chi connectivity index (χ0n) is 18.2. The Morgan fingerprint density at radius 2 is 1.26 bits per heavy atom. The van der Waals surface area contributed by atoms with Gasteiger partial charge in [0.15, 0.2) is 5.60 Å². The lowest BCUT2D eigenvalue weighted by Crippen LogP contribution is -2.43. The van der Waals surface area contributed by atoms with Crippen LogP contribution in [0.1, 0.15) is 84.0 Å². The molecule has 0 aromatic heterocycles. The number of ether oxygens (including phenoxy) is 2. The molecule has 0 radical (unpaired) electrons. The predicted molar refractivity (Wildman–Crippen MR) is 109 cm³/mol. The van der Waals surface area contributed by atoms with Crippen LogP contribution >= 0.6 is 0 Å². The number of esters is 2. The quantitative estimate of drug-likeness (QED) is 0.169. The lowest BCUT2D eigenvalue weighted by Gasteiger charge is -2.20. The molecule has 0 aliphatic rings. The van der Waals surface area contributed by atoms with E-state index in [9.17, 15) is 29.4 Å². The number of rotatable bonds is 19. The summed E-state index contributed by atoms with van der Waals surface area (Å²) in [5.41, 5.74) is -2.81. The maximum atomic E-state index is 11.7. The van der Waals surface area contributed by atoms with E-state index in [1.165, 1.54) is 32.1 Å². The van der Waals surface area contributed by atoms with Crippen molar-refractivity contribution in [1.29, 1.82) is 0 Å². The topological polar surface area (TPSA) is 168 Å². The minimum absolute atomic E-state index is 0.225. The molecule has 0 aliphatic carbocycles. The van der Waals surface area contributed by atoms with E-state index in [0.717, 1.165) is 19.3 Å². The minimum Gasteiger partial charge on any atom is -0.481 e. The summed E-state index contributed by atoms with van der Waals surface area (Å²) in [6.07, 6.45) is 6.64. The number of carboxylic acid groups (broad SMARTS) is 2. The van der Waals surface area contributed by atoms with E-state index in [0.29, 0.717) is 6.42 Å². The summed E-state index contributed by atoms with van der Waals surface area (Å²) in [6.45, 7) is 1.19. The summed E-state index contributed by atoms with van der Waals surface area (Å²) in [6, 6.07) is 0. The fourth-order valence-corrected chi connectivity index (χ4v) is 2.83. The first kappa shape index (κ1) is 28.8. The van der Waals surface area contributed by atoms with Gasteiger partial charge in [0.2, 0.25) is 0 Å². The van der Waals surface area contributed by atoms with E-state index in [2.05, 4.69) is 11.7 Å². The van der Waals surface area contributed by atoms with Gasteiger partial charge in [-0.3, -0.25) is 14.4 Å². The van der Waals surface area contributed by atoms with Crippen molar-refractivity contribution in [3.63, 3.8) is 0 Å². The third-order valence-corrected chi connectivity index (χ3v) is 4.64. The van der Waals surface area contributed by atoms with E-state index < -0.39 is 61.6 Å². The summed E-state index contributed by atoms with van der Waals surface area (Å²) in [5.74, 6) is -5.16. The van der Waals surface area contributed by atoms with Gasteiger partial charge in [-0.05, 0) is 6.42 Å². The Morgan fingerprint density at radius 3 is 1.74 bits per heavy atom. The summed E-state index contributed by atoms with van der Waals surface area (Å²) >= 11 is 0. The van der Waals surface area contributed by atoms with Gasteiger partial charge in [0.25, 0.3) is 0 Å². The monoisotopic (exact) mass is 448 g/mol. The van der Waals surface area contributed by atoms with E-state index >= 15 is 0 Å². The first-order chi connectivity index (χ1) is 14.6. The predicted octanol–water partition coefficient (Wildman–Crippen LogP) is 2.04. The normalized spacial score (nSPS) is 13.8. The average molecular weight is 449 g/mol. The molecule has 0 aliphatic heterocycles. The van der Waals surface area contributed by atoms with Crippen molar-refractivity contribution in [3.8, 4) is 0 Å². The van der Waals surface area contributed by atoms with Crippen LogP contribution < -0.4 is 0 Å². The minimum atomic E-state index is -2.81. The number of hydrogen-bond donors (Lipinski definition) is 4. The third-order valence-electron chi connectivity index (χ3n) is 4.64. The van der Waals surface area contributed by atoms with E-state index in [4.69, 9.17) is 14.9 Å². The number of hydrogen-bond acceptors (Lipinski definition) is 8. The van der Waals surface area contributed by atoms with Crippen LogP contribution in [0.15, 0.2) is 0 Å². The number of carbonyl (C=O) groups excluding carboxylic acids is 2. The molecule has 0 aromatic carbocycles. The molecular formula is C21H36O10. The number of carboxylic acids is 2. The van der Waals surface area contributed by atoms with Gasteiger partial charge >= 0.3 is 23.9 Å². The number of aliphatic hydroxyl groups excluding tert-OH is 1. The maximum absolute atomic E-state index is 11.7. The summed E-state index contributed by atoms with van der Waals surface area (Å²) in [4.78, 5) is 44.9. The first-order valence-corrected chi connectivity index (χ1v) is 10.8. The van der Waals surface area contributed by atoms with Crippen molar-refractivity contribution in [2.75, 3.05) is 13.2 Å². The lowest BCUT2D eigenvalue weighted by atomic mass is 9.96. The van der Waals surface area contributed by atoms with Gasteiger partial charge in [0.1, 0.15) is 19.3 Å². The van der Waals surface area contributed by atoms with Gasteiger partial charge in [0, 0.05) is 6.42 Å². The molecule has 4 N–H and O–H groups in total. The van der Waals surface area contributed by atoms with Crippen molar-refractivity contribution in [2.24, 2.45) is 0 Å². The van der Waals surface area contributed by atoms with Gasteiger partial charge < -0.3 is 29.9 Å². The first-order valence-electron chi connectivity index (χ1n) is 10.8. The van der Waals surface area contributed by atoms with Crippen molar-refractivity contribution >= 4 is 23.9 Å². The van der Waals surface area contributed by atoms with E-state index in [-0.39, 0.29) is 6.42 Å². The Kier molecular flexibility index (Phi) is 15.3. The zero-order chi connectivity index (χ0) is 23.7. The second kappa shape index (κ2) is 16.5. The summed E-state index contributed by atoms with van der Waals surface area (Å²) < 4.78 is 9.53. The van der Waals surface area contributed by atoms with Gasteiger partial charge in [-0.1, -0.05) is 58.3 Å². The largest absolute Gasteiger partial charge is 0.481 e. The Hall–Kier alpha value is -2.20. The molecule has 0 saturated heterocycles. The van der Waals surface area contributed by atoms with E-state index in [1.807, 2.05) is 0 Å². The Balaban J connectivity index is 3.91. The lowest BCUT2D eigenvalue weighted by molar-refractivity contribution is -0.173. The van der Waals surface area contributed by atoms with Crippen LogP contribution in [0.2, 0.25) is 0 Å². The van der Waals surface area contributed by atoms with E-state index in [1.54, 1.807) is 0 Å². The number of aliphatic carboxylic acids is 2. The van der Waals surface area contributed by atoms with Gasteiger partial charge in [-0.2, -0.15) is 0 Å². The van der Waals surface area contributed by atoms with Crippen LogP contribution in [0.4, 0.5) is 0 Å². The molecule has 0 spiro atoms. The molecule has 0 fully saturated rings. The van der Waals surface area contributed by atoms with Crippen LogP contribution in [0, 0.1) is 0 Å². The van der Waals surface area contributed by atoms with Crippen molar-refractivity contribution in [2.45, 2.75) is 95.7 Å². The van der Waals surface area contributed by atoms with Crippen LogP contribution in [-0.2, 0) is 28.7 Å². The molecule has 180 valence electrons. The highest BCUT2D eigenvalue weighted by molar-refractivity contribution is 5.88. The average Bonchev–Trinajstić information content (AvgIpc) is 2.68. The summed E-state index contributed by atoms with van der Waals surface area (Å²) in [7, 11) is 0. The molecule has 10 nitrogen and oxygen atoms in total. The van der Waals surface area contributed by atoms with Crippen molar-refractivity contribution in [1.82, 2.24) is 0 Å². The molecule has 31 heavy (non-hydrogen) atoms. The molecule has 0 aromatic rings. The number of aliphatic hydroxyl groups is 2. The Labute approximate surface area is 182 Å². The zero-order valence-corrected chi connectivity index (χ0v) is 18.2. The summed E-state index contributed by atoms with van der Waals surface area (Å²) in [5, 5.41) is 37.0. The second-order valence-electron chi connectivity index (χ2n) is 7.68. The highest BCUT2D eigenvalue weighted by Gasteiger charge is 2.41. The van der Waals surface area contributed by atoms with Crippen molar-refractivity contribution in [3.05, 3.63) is 0 Å². The van der Waals surface area contributed by atoms with Crippen LogP contribution in [0.5, 0.6) is 0 Å². The molecule has 0 rings (SSSR count). The standard InChI is InChI=1S/C21H36O10/c1-2-3-4-5-6-7-8-9-10-11-18(25)30-14-16(22)15-31-19(26)13-21(29,20(27)28)12-17(23)24/h16,22,29H,2-15H2,1H3,(H,23,24)(H,27,28). The fraction of sp³-hybridized carbons (Fsp3) is 0.810. The maximum Gasteiger partial charge on any atom is 0.336 e. The highest BCUT2D eigenvalue weighted by Crippen LogP contribution is 2.17. The molecule has 0 heterocycles. The molecule has 2 atom stereocenters. The molecule has 0 saturated carbocycles. The number of unbranched alkanes of at least 4 members (excludes halogenated alkanes) is 8. The van der Waals surface area contributed by atoms with Crippen molar-refractivity contribution < 1.29 is 49.1 Å². The molecule has 10 heteroatoms. The molecule has 0 amide bonds. The van der Waals surface area contributed by atoms with Gasteiger partial charge in [0.05, 0.1) is 12.8 Å². The molecule has 2 unspecified atom stereocenters. The van der Waals surface area contributed by atoms with Gasteiger partial charge in [-0.15, -0.1) is 0 Å².